The average Bonchev–Trinajstić information content (AvgIpc) is 2.28. The molecule has 0 saturated heterocycles. The number of aromatic carboxylic acids is 1. The predicted octanol–water partition coefficient (Wildman–Crippen LogP) is 3.95. The van der Waals surface area contributed by atoms with Crippen molar-refractivity contribution in [2.45, 2.75) is 0 Å². The van der Waals surface area contributed by atoms with Crippen molar-refractivity contribution in [1.82, 2.24) is 0 Å². The van der Waals surface area contributed by atoms with E-state index in [1.165, 1.54) is 12.1 Å². The maximum absolute atomic E-state index is 13.3. The van der Waals surface area contributed by atoms with Gasteiger partial charge in [-0.25, -0.2) is 9.18 Å². The molecule has 0 aliphatic heterocycles. The van der Waals surface area contributed by atoms with Crippen molar-refractivity contribution in [2.75, 3.05) is 0 Å². The molecule has 0 unspecified atom stereocenters. The van der Waals surface area contributed by atoms with Crippen molar-refractivity contribution in [3.05, 3.63) is 58.3 Å². The van der Waals surface area contributed by atoms with Gasteiger partial charge < -0.3 is 5.11 Å². The monoisotopic (exact) mass is 294 g/mol. The van der Waals surface area contributed by atoms with Gasteiger partial charge in [-0.3, -0.25) is 0 Å². The fraction of sp³-hybridized carbons (Fsp3) is 0. The number of carboxylic acid groups (broad SMARTS) is 1. The normalized spacial score (nSPS) is 10.2. The lowest BCUT2D eigenvalue weighted by molar-refractivity contribution is 0.0696. The molecule has 0 amide bonds. The molecule has 1 N–H and O–H groups in total. The standard InChI is InChI=1S/C13H8BrFO2/c14-11-3-1-2-8(5-11)9-4-10(13(16)17)7-12(15)6-9/h1-7H,(H,16,17). The van der Waals surface area contributed by atoms with Crippen LogP contribution >= 0.6 is 15.9 Å². The van der Waals surface area contributed by atoms with Crippen molar-refractivity contribution in [2.24, 2.45) is 0 Å². The summed E-state index contributed by atoms with van der Waals surface area (Å²) in [4.78, 5) is 10.8. The zero-order valence-electron chi connectivity index (χ0n) is 8.65. The average molecular weight is 295 g/mol. The molecular formula is C13H8BrFO2. The number of carboxylic acids is 1. The van der Waals surface area contributed by atoms with Crippen molar-refractivity contribution >= 4 is 21.9 Å². The molecule has 86 valence electrons. The van der Waals surface area contributed by atoms with Gasteiger partial charge >= 0.3 is 5.97 Å². The number of hydrogen-bond acceptors (Lipinski definition) is 1. The fourth-order valence-electron chi connectivity index (χ4n) is 1.55. The zero-order chi connectivity index (χ0) is 12.4. The molecule has 0 bridgehead atoms. The van der Waals surface area contributed by atoms with Crippen LogP contribution in [0.4, 0.5) is 4.39 Å². The number of hydrogen-bond donors (Lipinski definition) is 1. The molecule has 0 radical (unpaired) electrons. The third kappa shape index (κ3) is 2.71. The van der Waals surface area contributed by atoms with Gasteiger partial charge in [0.25, 0.3) is 0 Å². The molecule has 4 heteroatoms. The van der Waals surface area contributed by atoms with Crippen LogP contribution in [0, 0.1) is 5.82 Å². The van der Waals surface area contributed by atoms with E-state index < -0.39 is 11.8 Å². The molecule has 0 saturated carbocycles. The molecule has 0 aliphatic rings. The van der Waals surface area contributed by atoms with Crippen LogP contribution in [-0.4, -0.2) is 11.1 Å². The second-order valence-corrected chi connectivity index (χ2v) is 4.46. The van der Waals surface area contributed by atoms with E-state index in [1.807, 2.05) is 12.1 Å². The van der Waals surface area contributed by atoms with Crippen LogP contribution in [0.1, 0.15) is 10.4 Å². The van der Waals surface area contributed by atoms with Crippen LogP contribution in [0.2, 0.25) is 0 Å². The maximum Gasteiger partial charge on any atom is 0.335 e. The smallest absolute Gasteiger partial charge is 0.335 e. The summed E-state index contributed by atoms with van der Waals surface area (Å²) in [5, 5.41) is 8.86. The quantitative estimate of drug-likeness (QED) is 0.910. The second-order valence-electron chi connectivity index (χ2n) is 3.54. The molecule has 0 spiro atoms. The Morgan fingerprint density at radius 3 is 2.53 bits per heavy atom. The predicted molar refractivity (Wildman–Crippen MR) is 66.5 cm³/mol. The molecule has 0 aliphatic carbocycles. The number of halogens is 2. The van der Waals surface area contributed by atoms with Crippen molar-refractivity contribution in [1.29, 1.82) is 0 Å². The van der Waals surface area contributed by atoms with Gasteiger partial charge in [-0.05, 0) is 41.5 Å². The topological polar surface area (TPSA) is 37.3 Å². The molecule has 17 heavy (non-hydrogen) atoms. The Labute approximate surface area is 106 Å². The zero-order valence-corrected chi connectivity index (χ0v) is 10.2. The van der Waals surface area contributed by atoms with Crippen LogP contribution in [-0.2, 0) is 0 Å². The molecule has 2 nitrogen and oxygen atoms in total. The summed E-state index contributed by atoms with van der Waals surface area (Å²) in [6, 6.07) is 11.0. The summed E-state index contributed by atoms with van der Waals surface area (Å²) in [6.45, 7) is 0. The summed E-state index contributed by atoms with van der Waals surface area (Å²) in [7, 11) is 0. The molecular weight excluding hydrogens is 287 g/mol. The SMILES string of the molecule is O=C(O)c1cc(F)cc(-c2cccc(Br)c2)c1. The van der Waals surface area contributed by atoms with E-state index in [-0.39, 0.29) is 5.56 Å². The Bertz CT molecular complexity index is 581. The number of benzene rings is 2. The Morgan fingerprint density at radius 1 is 1.12 bits per heavy atom. The lowest BCUT2D eigenvalue weighted by Crippen LogP contribution is -1.97. The van der Waals surface area contributed by atoms with E-state index >= 15 is 0 Å². The third-order valence-corrected chi connectivity index (χ3v) is 2.80. The van der Waals surface area contributed by atoms with Gasteiger partial charge in [-0.2, -0.15) is 0 Å². The first-order valence-corrected chi connectivity index (χ1v) is 5.65. The largest absolute Gasteiger partial charge is 0.478 e. The number of carbonyl (C=O) groups is 1. The van der Waals surface area contributed by atoms with Crippen LogP contribution < -0.4 is 0 Å². The van der Waals surface area contributed by atoms with Crippen LogP contribution in [0.3, 0.4) is 0 Å². The second kappa shape index (κ2) is 4.67. The van der Waals surface area contributed by atoms with E-state index in [1.54, 1.807) is 12.1 Å². The lowest BCUT2D eigenvalue weighted by Gasteiger charge is -2.04. The summed E-state index contributed by atoms with van der Waals surface area (Å²) >= 11 is 3.32. The molecule has 2 aromatic rings. The van der Waals surface area contributed by atoms with Crippen LogP contribution in [0.25, 0.3) is 11.1 Å². The van der Waals surface area contributed by atoms with Crippen LogP contribution in [0.5, 0.6) is 0 Å². The lowest BCUT2D eigenvalue weighted by atomic mass is 10.0. The Morgan fingerprint density at radius 2 is 1.88 bits per heavy atom. The first kappa shape index (κ1) is 11.8. The van der Waals surface area contributed by atoms with Gasteiger partial charge in [-0.1, -0.05) is 28.1 Å². The third-order valence-electron chi connectivity index (χ3n) is 2.30. The highest BCUT2D eigenvalue weighted by Crippen LogP contribution is 2.24. The molecule has 0 fully saturated rings. The molecule has 0 atom stereocenters. The minimum absolute atomic E-state index is 0.0556. The van der Waals surface area contributed by atoms with Crippen molar-refractivity contribution in [3.63, 3.8) is 0 Å². The van der Waals surface area contributed by atoms with E-state index in [9.17, 15) is 9.18 Å². The molecule has 0 heterocycles. The van der Waals surface area contributed by atoms with Crippen molar-refractivity contribution in [3.8, 4) is 11.1 Å². The Hall–Kier alpha value is -1.68. The highest BCUT2D eigenvalue weighted by atomic mass is 79.9. The van der Waals surface area contributed by atoms with Gasteiger partial charge in [-0.15, -0.1) is 0 Å². The minimum atomic E-state index is -1.14. The summed E-state index contributed by atoms with van der Waals surface area (Å²) in [5.74, 6) is -1.69. The van der Waals surface area contributed by atoms with E-state index in [4.69, 9.17) is 5.11 Å². The van der Waals surface area contributed by atoms with Gasteiger partial charge in [0, 0.05) is 4.47 Å². The fourth-order valence-corrected chi connectivity index (χ4v) is 1.95. The Kier molecular flexibility index (Phi) is 3.24. The molecule has 2 aromatic carbocycles. The summed E-state index contributed by atoms with van der Waals surface area (Å²) in [6.07, 6.45) is 0. The van der Waals surface area contributed by atoms with Crippen molar-refractivity contribution < 1.29 is 14.3 Å². The highest BCUT2D eigenvalue weighted by molar-refractivity contribution is 9.10. The first-order valence-electron chi connectivity index (χ1n) is 4.86. The van der Waals surface area contributed by atoms with Gasteiger partial charge in [0.15, 0.2) is 0 Å². The summed E-state index contributed by atoms with van der Waals surface area (Å²) in [5.41, 5.74) is 1.25. The maximum atomic E-state index is 13.3. The van der Waals surface area contributed by atoms with E-state index in [0.29, 0.717) is 5.56 Å². The molecule has 0 aromatic heterocycles. The highest BCUT2D eigenvalue weighted by Gasteiger charge is 2.08. The first-order chi connectivity index (χ1) is 8.06. The Balaban J connectivity index is 2.56. The van der Waals surface area contributed by atoms with Crippen LogP contribution in [0.15, 0.2) is 46.9 Å². The van der Waals surface area contributed by atoms with Gasteiger partial charge in [0.05, 0.1) is 5.56 Å². The number of rotatable bonds is 2. The van der Waals surface area contributed by atoms with Gasteiger partial charge in [0.1, 0.15) is 5.82 Å². The molecule has 2 rings (SSSR count). The van der Waals surface area contributed by atoms with E-state index in [2.05, 4.69) is 15.9 Å². The van der Waals surface area contributed by atoms with E-state index in [0.717, 1.165) is 16.1 Å². The van der Waals surface area contributed by atoms with Gasteiger partial charge in [0.2, 0.25) is 0 Å². The minimum Gasteiger partial charge on any atom is -0.478 e. The summed E-state index contributed by atoms with van der Waals surface area (Å²) < 4.78 is 14.2.